The summed E-state index contributed by atoms with van der Waals surface area (Å²) >= 11 is 1.85. The first-order valence-electron chi connectivity index (χ1n) is 9.73. The van der Waals surface area contributed by atoms with Gasteiger partial charge in [0.15, 0.2) is 0 Å². The number of methoxy groups -OCH3 is 3. The molecule has 0 saturated heterocycles. The van der Waals surface area contributed by atoms with Gasteiger partial charge >= 0.3 is 0 Å². The van der Waals surface area contributed by atoms with Crippen LogP contribution in [0.4, 0.5) is 0 Å². The van der Waals surface area contributed by atoms with Crippen molar-refractivity contribution in [2.24, 2.45) is 0 Å². The van der Waals surface area contributed by atoms with Crippen molar-refractivity contribution in [1.82, 2.24) is 0 Å². The number of allylic oxidation sites excluding steroid dienone is 2. The third kappa shape index (κ3) is 4.39. The second-order valence-electron chi connectivity index (χ2n) is 6.90. The van der Waals surface area contributed by atoms with Gasteiger partial charge in [0.2, 0.25) is 0 Å². The van der Waals surface area contributed by atoms with E-state index < -0.39 is 0 Å². The van der Waals surface area contributed by atoms with Crippen molar-refractivity contribution in [3.8, 4) is 17.2 Å². The summed E-state index contributed by atoms with van der Waals surface area (Å²) in [5.74, 6) is 2.58. The average Bonchev–Trinajstić information content (AvgIpc) is 2.84. The smallest absolute Gasteiger partial charge is 0.118 e. The van der Waals surface area contributed by atoms with Gasteiger partial charge in [-0.3, -0.25) is 0 Å². The summed E-state index contributed by atoms with van der Waals surface area (Å²) in [6.45, 7) is 0. The molecular weight excluding hydrogens is 392 g/mol. The first kappa shape index (κ1) is 20.2. The topological polar surface area (TPSA) is 27.7 Å². The van der Waals surface area contributed by atoms with Crippen molar-refractivity contribution in [2.75, 3.05) is 21.3 Å². The van der Waals surface area contributed by atoms with Gasteiger partial charge in [-0.25, -0.2) is 0 Å². The Bertz CT molecular complexity index is 1050. The molecule has 30 heavy (non-hydrogen) atoms. The van der Waals surface area contributed by atoms with Crippen LogP contribution in [0.3, 0.4) is 0 Å². The number of ether oxygens (including phenoxy) is 3. The Morgan fingerprint density at radius 3 is 1.57 bits per heavy atom. The molecule has 1 heterocycles. The summed E-state index contributed by atoms with van der Waals surface area (Å²) in [7, 11) is 5.07. The van der Waals surface area contributed by atoms with Gasteiger partial charge in [-0.05, 0) is 64.7 Å². The molecule has 4 heteroatoms. The van der Waals surface area contributed by atoms with Crippen LogP contribution in [0, 0.1) is 0 Å². The summed E-state index contributed by atoms with van der Waals surface area (Å²) in [6.07, 6.45) is 4.58. The molecule has 1 atom stereocenters. The van der Waals surface area contributed by atoms with Crippen LogP contribution in [0.2, 0.25) is 0 Å². The van der Waals surface area contributed by atoms with Crippen LogP contribution in [0.5, 0.6) is 17.2 Å². The molecule has 0 aromatic heterocycles. The molecule has 4 rings (SSSR count). The van der Waals surface area contributed by atoms with E-state index in [0.717, 1.165) is 17.2 Å². The Kier molecular flexibility index (Phi) is 6.15. The summed E-state index contributed by atoms with van der Waals surface area (Å²) in [5.41, 5.74) is 4.79. The largest absolute Gasteiger partial charge is 0.497 e. The zero-order valence-corrected chi connectivity index (χ0v) is 18.1. The molecule has 1 aliphatic heterocycles. The van der Waals surface area contributed by atoms with Crippen molar-refractivity contribution in [3.05, 3.63) is 102 Å². The zero-order valence-electron chi connectivity index (χ0n) is 17.3. The van der Waals surface area contributed by atoms with Crippen LogP contribution >= 0.6 is 11.8 Å². The highest BCUT2D eigenvalue weighted by molar-refractivity contribution is 8.08. The molecule has 1 unspecified atom stereocenters. The van der Waals surface area contributed by atoms with Gasteiger partial charge in [0, 0.05) is 4.91 Å². The predicted octanol–water partition coefficient (Wildman–Crippen LogP) is 6.63. The van der Waals surface area contributed by atoms with E-state index in [1.54, 1.807) is 21.3 Å². The van der Waals surface area contributed by atoms with Crippen LogP contribution in [0.25, 0.3) is 10.5 Å². The van der Waals surface area contributed by atoms with Gasteiger partial charge in [0.05, 0.1) is 26.6 Å². The maximum absolute atomic E-state index is 5.32. The molecule has 3 nitrogen and oxygen atoms in total. The van der Waals surface area contributed by atoms with Crippen molar-refractivity contribution >= 4 is 22.2 Å². The average molecular weight is 417 g/mol. The molecular formula is C26H24O3S. The van der Waals surface area contributed by atoms with E-state index in [2.05, 4.69) is 48.6 Å². The molecule has 3 aromatic rings. The normalized spacial score (nSPS) is 15.8. The molecule has 0 saturated carbocycles. The van der Waals surface area contributed by atoms with Gasteiger partial charge in [-0.15, -0.1) is 11.8 Å². The highest BCUT2D eigenvalue weighted by atomic mass is 32.2. The van der Waals surface area contributed by atoms with Crippen LogP contribution in [0.1, 0.15) is 21.9 Å². The Labute approximate surface area is 182 Å². The van der Waals surface area contributed by atoms with Gasteiger partial charge in [-0.2, -0.15) is 0 Å². The fourth-order valence-electron chi connectivity index (χ4n) is 3.38. The molecule has 0 aliphatic carbocycles. The van der Waals surface area contributed by atoms with Crippen LogP contribution in [0.15, 0.2) is 84.9 Å². The van der Waals surface area contributed by atoms with E-state index in [4.69, 9.17) is 14.2 Å². The second kappa shape index (κ2) is 9.14. The fraction of sp³-hybridized carbons (Fsp3) is 0.154. The summed E-state index contributed by atoms with van der Waals surface area (Å²) in [5, 5.41) is 0.204. The van der Waals surface area contributed by atoms with Crippen LogP contribution in [-0.4, -0.2) is 21.3 Å². The van der Waals surface area contributed by atoms with Crippen molar-refractivity contribution in [3.63, 3.8) is 0 Å². The number of rotatable bonds is 6. The number of hydrogen-bond acceptors (Lipinski definition) is 4. The van der Waals surface area contributed by atoms with E-state index >= 15 is 0 Å². The van der Waals surface area contributed by atoms with Gasteiger partial charge < -0.3 is 14.2 Å². The molecule has 0 bridgehead atoms. The Hall–Kier alpha value is -3.11. The number of hydrogen-bond donors (Lipinski definition) is 0. The van der Waals surface area contributed by atoms with Crippen molar-refractivity contribution < 1.29 is 14.2 Å². The minimum atomic E-state index is 0.204. The lowest BCUT2D eigenvalue weighted by Crippen LogP contribution is -1.99. The van der Waals surface area contributed by atoms with Crippen LogP contribution in [-0.2, 0) is 0 Å². The number of thioether (sulfide) groups is 1. The quantitative estimate of drug-likeness (QED) is 0.451. The molecule has 0 spiro atoms. The van der Waals surface area contributed by atoms with E-state index in [9.17, 15) is 0 Å². The predicted molar refractivity (Wildman–Crippen MR) is 125 cm³/mol. The summed E-state index contributed by atoms with van der Waals surface area (Å²) in [4.78, 5) is 1.23. The molecule has 0 fully saturated rings. The Morgan fingerprint density at radius 2 is 1.07 bits per heavy atom. The number of benzene rings is 3. The SMILES string of the molecule is COc1ccc(C2=CC(c3ccc(OC)cc3)SC(c3ccc(OC)cc3)=C2)cc1. The Balaban J connectivity index is 1.73. The zero-order chi connectivity index (χ0) is 20.9. The van der Waals surface area contributed by atoms with Gasteiger partial charge in [-0.1, -0.05) is 42.5 Å². The highest BCUT2D eigenvalue weighted by Crippen LogP contribution is 2.47. The molecule has 1 aliphatic rings. The minimum Gasteiger partial charge on any atom is -0.497 e. The second-order valence-corrected chi connectivity index (χ2v) is 8.08. The first-order chi connectivity index (χ1) is 14.7. The van der Waals surface area contributed by atoms with Gasteiger partial charge in [0.25, 0.3) is 0 Å². The third-order valence-corrected chi connectivity index (χ3v) is 6.38. The van der Waals surface area contributed by atoms with E-state index in [-0.39, 0.29) is 5.25 Å². The first-order valence-corrected chi connectivity index (χ1v) is 10.6. The molecule has 152 valence electrons. The fourth-order valence-corrected chi connectivity index (χ4v) is 4.63. The van der Waals surface area contributed by atoms with Gasteiger partial charge in [0.1, 0.15) is 17.2 Å². The van der Waals surface area contributed by atoms with Crippen LogP contribution < -0.4 is 14.2 Å². The maximum atomic E-state index is 5.32. The van der Waals surface area contributed by atoms with E-state index in [1.165, 1.54) is 27.2 Å². The lowest BCUT2D eigenvalue weighted by Gasteiger charge is -2.23. The minimum absolute atomic E-state index is 0.204. The van der Waals surface area contributed by atoms with Crippen molar-refractivity contribution in [1.29, 1.82) is 0 Å². The maximum Gasteiger partial charge on any atom is 0.118 e. The summed E-state index contributed by atoms with van der Waals surface area (Å²) in [6, 6.07) is 24.7. The van der Waals surface area contributed by atoms with E-state index in [0.29, 0.717) is 0 Å². The summed E-state index contributed by atoms with van der Waals surface area (Å²) < 4.78 is 16.0. The monoisotopic (exact) mass is 416 g/mol. The molecule has 0 N–H and O–H groups in total. The lowest BCUT2D eigenvalue weighted by atomic mass is 10.00. The molecule has 3 aromatic carbocycles. The standard InChI is InChI=1S/C26H24O3S/c1-27-22-10-4-18(5-11-22)21-16-25(19-6-12-23(28-2)13-7-19)30-26(17-21)20-8-14-24(29-3)15-9-20/h4-17,25H,1-3H3. The Morgan fingerprint density at radius 1 is 0.600 bits per heavy atom. The molecule has 0 amide bonds. The highest BCUT2D eigenvalue weighted by Gasteiger charge is 2.20. The lowest BCUT2D eigenvalue weighted by molar-refractivity contribution is 0.414. The van der Waals surface area contributed by atoms with E-state index in [1.807, 2.05) is 48.2 Å². The third-order valence-electron chi connectivity index (χ3n) is 5.11. The van der Waals surface area contributed by atoms with Crippen molar-refractivity contribution in [2.45, 2.75) is 5.25 Å². The molecule has 0 radical (unpaired) electrons.